The number of fused-ring (bicyclic) bond motifs is 6. The molecule has 0 aliphatic carbocycles. The number of esters is 1. The van der Waals surface area contributed by atoms with Crippen LogP contribution in [-0.2, 0) is 43.2 Å². The zero-order valence-corrected chi connectivity index (χ0v) is 41.2. The summed E-state index contributed by atoms with van der Waals surface area (Å²) < 4.78 is 19.6. The number of methoxy groups -OCH3 is 2. The van der Waals surface area contributed by atoms with Crippen molar-refractivity contribution < 1.29 is 28.6 Å². The van der Waals surface area contributed by atoms with Gasteiger partial charge >= 0.3 is 12.0 Å². The average Bonchev–Trinajstić information content (AvgIpc) is 3.78. The van der Waals surface area contributed by atoms with Gasteiger partial charge in [0.2, 0.25) is 0 Å². The summed E-state index contributed by atoms with van der Waals surface area (Å²) in [5.74, 6) is -0.439. The summed E-state index contributed by atoms with van der Waals surface area (Å²) >= 11 is 1.46. The molecule has 0 radical (unpaired) electrons. The van der Waals surface area contributed by atoms with E-state index in [9.17, 15) is 14.4 Å². The Bertz CT molecular complexity index is 2080. The van der Waals surface area contributed by atoms with Gasteiger partial charge < -0.3 is 29.0 Å². The zero-order chi connectivity index (χ0) is 39.0. The SMILES string of the molecule is CCn1c(-c2cccnc2[C@H](C)OC)c2c3cc(ccc31)-c1csc(n1)C[C@H](NC(=O)N1C[C@H](C)[C@H]1COC)C(=O)N1CCC[C@H](N1)C(=O)OCC(C)(C)C2.S.S.S.S.S. The van der Waals surface area contributed by atoms with Gasteiger partial charge in [0.25, 0.3) is 5.91 Å². The molecule has 6 heterocycles. The van der Waals surface area contributed by atoms with Crippen LogP contribution in [0, 0.1) is 11.3 Å². The molecular formula is C41H63N7O6S6. The molecule has 3 aliphatic rings. The fourth-order valence-corrected chi connectivity index (χ4v) is 9.04. The molecule has 3 aromatic heterocycles. The first kappa shape index (κ1) is 53.5. The van der Waals surface area contributed by atoms with Gasteiger partial charge in [-0.05, 0) is 68.9 Å². The minimum absolute atomic E-state index is 0. The molecule has 19 heteroatoms. The number of nitrogens with zero attached hydrogens (tertiary/aromatic N) is 5. The van der Waals surface area contributed by atoms with Crippen LogP contribution in [0.2, 0.25) is 0 Å². The van der Waals surface area contributed by atoms with Crippen LogP contribution in [0.15, 0.2) is 41.9 Å². The summed E-state index contributed by atoms with van der Waals surface area (Å²) in [6, 6.07) is 8.51. The van der Waals surface area contributed by atoms with Crippen LogP contribution in [-0.4, -0.2) is 101 Å². The lowest BCUT2D eigenvalue weighted by atomic mass is 9.84. The third-order valence-electron chi connectivity index (χ3n) is 11.3. The fourth-order valence-electron chi connectivity index (χ4n) is 8.19. The van der Waals surface area contributed by atoms with Crippen LogP contribution in [0.1, 0.15) is 69.8 Å². The van der Waals surface area contributed by atoms with E-state index in [1.54, 1.807) is 25.3 Å². The quantitative estimate of drug-likeness (QED) is 0.204. The number of hydrogen-bond donors (Lipinski definition) is 2. The highest BCUT2D eigenvalue weighted by Crippen LogP contribution is 2.42. The van der Waals surface area contributed by atoms with Crippen molar-refractivity contribution in [2.24, 2.45) is 11.3 Å². The van der Waals surface area contributed by atoms with E-state index in [0.717, 1.165) is 56.2 Å². The van der Waals surface area contributed by atoms with Gasteiger partial charge in [-0.25, -0.2) is 15.2 Å². The molecule has 0 saturated carbocycles. The normalized spacial score (nSPS) is 21.6. The standard InChI is InChI=1S/C41H53N7O6S.5H2S/c1-8-46-33-14-13-26-17-28(33)29(37(46)27-11-9-15-42-36(27)25(3)53-7)19-41(4,5)23-54-39(50)30-12-10-16-48(45-30)38(49)31(18-35-43-32(26)22-55-35)44-40(51)47-20-24(2)34(47)21-52-6;;;;;/h9,11,13-15,17,22,24-25,30-31,34,45H,8,10,12,16,18-21,23H2,1-7H3,(H,44,51);5*1H2/t24-,25-,30-,31-,34+;;;;;/m0...../s1. The number of rotatable bonds is 7. The topological polar surface area (TPSA) is 140 Å². The number of urea groups is 1. The van der Waals surface area contributed by atoms with Crippen molar-refractivity contribution in [2.45, 2.75) is 91.1 Å². The number of amides is 3. The number of carbonyl (C=O) groups excluding carboxylic acids is 3. The number of ether oxygens (including phenoxy) is 3. The first-order chi connectivity index (χ1) is 26.4. The number of hydrazine groups is 1. The highest BCUT2D eigenvalue weighted by atomic mass is 32.1. The molecular weight excluding hydrogens is 879 g/mol. The van der Waals surface area contributed by atoms with E-state index >= 15 is 0 Å². The maximum atomic E-state index is 14.2. The van der Waals surface area contributed by atoms with Gasteiger partial charge in [0.15, 0.2) is 0 Å². The summed E-state index contributed by atoms with van der Waals surface area (Å²) in [4.78, 5) is 53.1. The van der Waals surface area contributed by atoms with Crippen LogP contribution >= 0.6 is 78.8 Å². The Balaban J connectivity index is 0.00000248. The number of hydrogen-bond acceptors (Lipinski definition) is 10. The molecule has 3 aliphatic heterocycles. The number of aromatic nitrogens is 3. The summed E-state index contributed by atoms with van der Waals surface area (Å²) in [6.07, 6.45) is 3.52. The number of nitrogens with one attached hydrogen (secondary N) is 2. The maximum absolute atomic E-state index is 14.2. The lowest BCUT2D eigenvalue weighted by Crippen LogP contribution is -2.65. The number of cyclic esters (lactones) is 1. The van der Waals surface area contributed by atoms with Gasteiger partial charge in [-0.3, -0.25) is 19.6 Å². The monoisotopic (exact) mass is 941 g/mol. The summed E-state index contributed by atoms with van der Waals surface area (Å²) in [6.45, 7) is 12.8. The van der Waals surface area contributed by atoms with Crippen molar-refractivity contribution >= 4 is 108 Å². The molecule has 3 amide bonds. The van der Waals surface area contributed by atoms with E-state index in [4.69, 9.17) is 24.2 Å². The molecule has 0 spiro atoms. The molecule has 1 aromatic carbocycles. The van der Waals surface area contributed by atoms with Gasteiger partial charge in [-0.15, -0.1) is 11.3 Å². The Labute approximate surface area is 392 Å². The maximum Gasteiger partial charge on any atom is 0.324 e. The molecule has 5 atom stereocenters. The van der Waals surface area contributed by atoms with Crippen LogP contribution < -0.4 is 10.7 Å². The molecule has 60 heavy (non-hydrogen) atoms. The molecule has 4 aromatic rings. The first-order valence-corrected chi connectivity index (χ1v) is 20.2. The summed E-state index contributed by atoms with van der Waals surface area (Å²) in [5.41, 5.74) is 9.58. The Morgan fingerprint density at radius 2 is 1.88 bits per heavy atom. The first-order valence-electron chi connectivity index (χ1n) is 19.3. The van der Waals surface area contributed by atoms with E-state index in [-0.39, 0.29) is 111 Å². The fraction of sp³-hybridized carbons (Fsp3) is 0.537. The minimum Gasteiger partial charge on any atom is -0.464 e. The lowest BCUT2D eigenvalue weighted by molar-refractivity contribution is -0.155. The van der Waals surface area contributed by atoms with E-state index < -0.39 is 23.5 Å². The third-order valence-corrected chi connectivity index (χ3v) is 12.1. The van der Waals surface area contributed by atoms with Crippen molar-refractivity contribution in [2.75, 3.05) is 40.5 Å². The number of likely N-dealkylation sites (tertiary alicyclic amines) is 1. The van der Waals surface area contributed by atoms with Crippen LogP contribution in [0.25, 0.3) is 33.4 Å². The molecule has 6 bridgehead atoms. The summed E-state index contributed by atoms with van der Waals surface area (Å²) in [7, 11) is 3.32. The Kier molecular flexibility index (Phi) is 20.2. The number of aryl methyl sites for hydroxylation is 1. The van der Waals surface area contributed by atoms with Gasteiger partial charge in [-0.1, -0.05) is 26.8 Å². The predicted molar refractivity (Wildman–Crippen MR) is 263 cm³/mol. The predicted octanol–water partition coefficient (Wildman–Crippen LogP) is 6.33. The van der Waals surface area contributed by atoms with Crippen molar-refractivity contribution in [1.29, 1.82) is 0 Å². The van der Waals surface area contributed by atoms with Crippen molar-refractivity contribution in [1.82, 2.24) is 35.2 Å². The highest BCUT2D eigenvalue weighted by molar-refractivity contribution is 7.60. The third kappa shape index (κ3) is 10.9. The number of carbonyl (C=O) groups is 3. The van der Waals surface area contributed by atoms with Gasteiger partial charge in [0.1, 0.15) is 12.1 Å². The number of thiazole rings is 1. The van der Waals surface area contributed by atoms with Gasteiger partial charge in [-0.2, -0.15) is 67.5 Å². The largest absolute Gasteiger partial charge is 0.464 e. The number of pyridine rings is 1. The zero-order valence-electron chi connectivity index (χ0n) is 35.4. The second kappa shape index (κ2) is 22.6. The number of benzene rings is 1. The van der Waals surface area contributed by atoms with Crippen LogP contribution in [0.3, 0.4) is 0 Å². The van der Waals surface area contributed by atoms with E-state index in [0.29, 0.717) is 39.0 Å². The van der Waals surface area contributed by atoms with E-state index in [1.807, 2.05) is 18.4 Å². The molecule has 0 unspecified atom stereocenters. The van der Waals surface area contributed by atoms with Crippen molar-refractivity contribution in [3.8, 4) is 22.5 Å². The van der Waals surface area contributed by atoms with Gasteiger partial charge in [0.05, 0.1) is 47.4 Å². The lowest BCUT2D eigenvalue weighted by Gasteiger charge is -2.46. The molecule has 2 fully saturated rings. The van der Waals surface area contributed by atoms with E-state index in [1.165, 1.54) is 16.3 Å². The Hall–Kier alpha value is -2.62. The molecule has 334 valence electrons. The van der Waals surface area contributed by atoms with Crippen LogP contribution in [0.5, 0.6) is 0 Å². The minimum atomic E-state index is -0.913. The smallest absolute Gasteiger partial charge is 0.324 e. The molecule has 13 nitrogen and oxygen atoms in total. The van der Waals surface area contributed by atoms with Crippen molar-refractivity contribution in [3.05, 3.63) is 58.2 Å². The van der Waals surface area contributed by atoms with Crippen molar-refractivity contribution in [3.63, 3.8) is 0 Å². The van der Waals surface area contributed by atoms with Crippen LogP contribution in [0.4, 0.5) is 4.79 Å². The molecule has 2 saturated heterocycles. The molecule has 2 N–H and O–H groups in total. The van der Waals surface area contributed by atoms with Gasteiger partial charge in [0, 0.05) is 79.3 Å². The molecule has 7 rings (SSSR count). The Morgan fingerprint density at radius 3 is 2.57 bits per heavy atom. The Morgan fingerprint density at radius 1 is 1.13 bits per heavy atom. The second-order valence-corrected chi connectivity index (χ2v) is 16.8. The highest BCUT2D eigenvalue weighted by Gasteiger charge is 2.41. The second-order valence-electron chi connectivity index (χ2n) is 15.9. The summed E-state index contributed by atoms with van der Waals surface area (Å²) in [5, 5.41) is 8.32. The average molecular weight is 942 g/mol. The van der Waals surface area contributed by atoms with E-state index in [2.05, 4.69) is 67.3 Å².